The Morgan fingerprint density at radius 3 is 1.76 bits per heavy atom. The number of para-hydroxylation sites is 2. The molecule has 3 heterocycles. The number of hydrogen-bond acceptors (Lipinski definition) is 3. The molecular formula is C29H18BNO2. The van der Waals surface area contributed by atoms with E-state index in [0.717, 1.165) is 50.7 Å². The molecule has 0 atom stereocenters. The fraction of sp³-hybridized carbons (Fsp3) is 0. The summed E-state index contributed by atoms with van der Waals surface area (Å²) in [6, 6.07) is 33.4. The fourth-order valence-electron chi connectivity index (χ4n) is 4.97. The molecule has 33 heavy (non-hydrogen) atoms. The van der Waals surface area contributed by atoms with Gasteiger partial charge in [-0.15, -0.1) is 0 Å². The van der Waals surface area contributed by atoms with Gasteiger partial charge in [0.1, 0.15) is 23.0 Å². The first-order valence-corrected chi connectivity index (χ1v) is 11.1. The van der Waals surface area contributed by atoms with E-state index in [4.69, 9.17) is 9.47 Å². The van der Waals surface area contributed by atoms with E-state index >= 15 is 0 Å². The van der Waals surface area contributed by atoms with Gasteiger partial charge < -0.3 is 9.47 Å². The zero-order valence-electron chi connectivity index (χ0n) is 17.7. The number of fused-ring (bicyclic) bond motifs is 4. The largest absolute Gasteiger partial charge is 0.458 e. The van der Waals surface area contributed by atoms with Gasteiger partial charge >= 0.3 is 0 Å². The summed E-state index contributed by atoms with van der Waals surface area (Å²) < 4.78 is 12.9. The van der Waals surface area contributed by atoms with E-state index in [-0.39, 0.29) is 6.71 Å². The van der Waals surface area contributed by atoms with E-state index in [0.29, 0.717) is 0 Å². The molecule has 0 saturated heterocycles. The molecule has 0 unspecified atom stereocenters. The van der Waals surface area contributed by atoms with Crippen LogP contribution in [0.1, 0.15) is 0 Å². The van der Waals surface area contributed by atoms with Crippen LogP contribution in [0.2, 0.25) is 0 Å². The molecule has 0 amide bonds. The molecule has 0 aliphatic carbocycles. The Kier molecular flexibility index (Phi) is 3.94. The van der Waals surface area contributed by atoms with E-state index in [9.17, 15) is 0 Å². The molecule has 1 aromatic heterocycles. The summed E-state index contributed by atoms with van der Waals surface area (Å²) in [5.74, 6) is 3.51. The van der Waals surface area contributed by atoms with E-state index < -0.39 is 0 Å². The van der Waals surface area contributed by atoms with Crippen LogP contribution >= 0.6 is 0 Å². The van der Waals surface area contributed by atoms with Crippen LogP contribution in [0.15, 0.2) is 109 Å². The second kappa shape index (κ2) is 7.11. The second-order valence-corrected chi connectivity index (χ2v) is 8.42. The molecule has 0 saturated carbocycles. The summed E-state index contributed by atoms with van der Waals surface area (Å²) >= 11 is 0. The van der Waals surface area contributed by atoms with Crippen molar-refractivity contribution in [2.75, 3.05) is 0 Å². The van der Waals surface area contributed by atoms with Crippen LogP contribution in [0.25, 0.3) is 22.3 Å². The van der Waals surface area contributed by atoms with Crippen molar-refractivity contribution in [3.8, 4) is 45.3 Å². The molecule has 0 radical (unpaired) electrons. The normalized spacial score (nSPS) is 12.7. The number of rotatable bonds is 2. The Bertz CT molecular complexity index is 1460. The summed E-state index contributed by atoms with van der Waals surface area (Å²) in [6.45, 7) is 0.0978. The molecular weight excluding hydrogens is 405 g/mol. The SMILES string of the molecule is c1cncc(-c2cccc(-c3cc4c5c(c3)Oc3ccccc3B5c3ccccc3O4)c2)c1. The fourth-order valence-corrected chi connectivity index (χ4v) is 4.97. The number of aromatic nitrogens is 1. The van der Waals surface area contributed by atoms with Crippen LogP contribution in [0.5, 0.6) is 23.0 Å². The van der Waals surface area contributed by atoms with Gasteiger partial charge in [0.2, 0.25) is 0 Å². The molecule has 7 rings (SSSR count). The van der Waals surface area contributed by atoms with Crippen LogP contribution < -0.4 is 25.9 Å². The lowest BCUT2D eigenvalue weighted by molar-refractivity contribution is 0.465. The summed E-state index contributed by atoms with van der Waals surface area (Å²) in [6.07, 6.45) is 3.68. The highest BCUT2D eigenvalue weighted by atomic mass is 16.5. The zero-order chi connectivity index (χ0) is 21.8. The maximum Gasteiger partial charge on any atom is 0.260 e. The molecule has 3 nitrogen and oxygen atoms in total. The zero-order valence-corrected chi connectivity index (χ0v) is 17.7. The topological polar surface area (TPSA) is 31.4 Å². The van der Waals surface area contributed by atoms with E-state index in [1.54, 1.807) is 6.20 Å². The maximum absolute atomic E-state index is 6.43. The number of hydrogen-bond donors (Lipinski definition) is 0. The van der Waals surface area contributed by atoms with Gasteiger partial charge in [0, 0.05) is 23.4 Å². The summed E-state index contributed by atoms with van der Waals surface area (Å²) in [7, 11) is 0. The Hall–Kier alpha value is -4.31. The third-order valence-corrected chi connectivity index (χ3v) is 6.48. The molecule has 2 aliphatic heterocycles. The molecule has 0 bridgehead atoms. The monoisotopic (exact) mass is 423 g/mol. The first-order chi connectivity index (χ1) is 16.3. The minimum atomic E-state index is 0.0978. The molecule has 4 heteroatoms. The Balaban J connectivity index is 1.42. The first kappa shape index (κ1) is 18.3. The highest BCUT2D eigenvalue weighted by molar-refractivity contribution is 6.98. The van der Waals surface area contributed by atoms with Crippen molar-refractivity contribution in [1.29, 1.82) is 0 Å². The van der Waals surface area contributed by atoms with Gasteiger partial charge in [-0.2, -0.15) is 0 Å². The van der Waals surface area contributed by atoms with E-state index in [2.05, 4.69) is 71.7 Å². The van der Waals surface area contributed by atoms with Crippen molar-refractivity contribution >= 4 is 23.1 Å². The maximum atomic E-state index is 6.43. The average Bonchev–Trinajstić information content (AvgIpc) is 2.89. The molecule has 154 valence electrons. The van der Waals surface area contributed by atoms with Crippen LogP contribution in [0, 0.1) is 0 Å². The van der Waals surface area contributed by atoms with Gasteiger partial charge in [0.25, 0.3) is 6.71 Å². The highest BCUT2D eigenvalue weighted by Crippen LogP contribution is 2.38. The van der Waals surface area contributed by atoms with E-state index in [1.807, 2.05) is 36.5 Å². The third kappa shape index (κ3) is 2.88. The lowest BCUT2D eigenvalue weighted by Gasteiger charge is -2.33. The van der Waals surface area contributed by atoms with Crippen LogP contribution in [0.3, 0.4) is 0 Å². The summed E-state index contributed by atoms with van der Waals surface area (Å²) in [5.41, 5.74) is 7.83. The predicted octanol–water partition coefficient (Wildman–Crippen LogP) is 5.14. The highest BCUT2D eigenvalue weighted by Gasteiger charge is 2.40. The second-order valence-electron chi connectivity index (χ2n) is 8.42. The number of pyridine rings is 1. The lowest BCUT2D eigenvalue weighted by Crippen LogP contribution is -2.57. The van der Waals surface area contributed by atoms with Gasteiger partial charge in [-0.25, -0.2) is 0 Å². The van der Waals surface area contributed by atoms with Crippen molar-refractivity contribution in [3.63, 3.8) is 0 Å². The standard InChI is InChI=1S/C29H18BNO2/c1-3-12-25-23(10-1)30-24-11-2-4-13-26(24)33-28-17-22(16-27(32-25)29(28)30)20-8-5-7-19(15-20)21-9-6-14-31-18-21/h1-18H. The molecule has 4 aromatic carbocycles. The summed E-state index contributed by atoms with van der Waals surface area (Å²) in [5, 5.41) is 0. The number of benzene rings is 4. The van der Waals surface area contributed by atoms with Crippen molar-refractivity contribution in [1.82, 2.24) is 4.98 Å². The van der Waals surface area contributed by atoms with Crippen molar-refractivity contribution < 1.29 is 9.47 Å². The molecule has 5 aromatic rings. The molecule has 2 aliphatic rings. The van der Waals surface area contributed by atoms with Crippen molar-refractivity contribution in [2.45, 2.75) is 0 Å². The Labute approximate surface area is 192 Å². The lowest BCUT2D eigenvalue weighted by atomic mass is 9.35. The van der Waals surface area contributed by atoms with Crippen molar-refractivity contribution in [2.24, 2.45) is 0 Å². The minimum Gasteiger partial charge on any atom is -0.458 e. The molecule has 0 N–H and O–H groups in total. The van der Waals surface area contributed by atoms with Crippen LogP contribution in [-0.4, -0.2) is 11.7 Å². The minimum absolute atomic E-state index is 0.0978. The smallest absolute Gasteiger partial charge is 0.260 e. The quantitative estimate of drug-likeness (QED) is 0.361. The van der Waals surface area contributed by atoms with Crippen molar-refractivity contribution in [3.05, 3.63) is 109 Å². The van der Waals surface area contributed by atoms with Gasteiger partial charge in [0.15, 0.2) is 0 Å². The Morgan fingerprint density at radius 1 is 0.515 bits per heavy atom. The summed E-state index contributed by atoms with van der Waals surface area (Å²) in [4.78, 5) is 4.27. The number of nitrogens with zero attached hydrogens (tertiary/aromatic N) is 1. The third-order valence-electron chi connectivity index (χ3n) is 6.48. The average molecular weight is 423 g/mol. The van der Waals surface area contributed by atoms with Gasteiger partial charge in [-0.05, 0) is 64.0 Å². The first-order valence-electron chi connectivity index (χ1n) is 11.1. The Morgan fingerprint density at radius 2 is 1.12 bits per heavy atom. The van der Waals surface area contributed by atoms with Gasteiger partial charge in [-0.3, -0.25) is 4.98 Å². The molecule has 0 fully saturated rings. The molecule has 0 spiro atoms. The number of ether oxygens (including phenoxy) is 2. The van der Waals surface area contributed by atoms with Gasteiger partial charge in [-0.1, -0.05) is 60.7 Å². The van der Waals surface area contributed by atoms with Crippen LogP contribution in [0.4, 0.5) is 0 Å². The van der Waals surface area contributed by atoms with Gasteiger partial charge in [0.05, 0.1) is 0 Å². The van der Waals surface area contributed by atoms with E-state index in [1.165, 1.54) is 10.9 Å². The predicted molar refractivity (Wildman–Crippen MR) is 133 cm³/mol. The van der Waals surface area contributed by atoms with Crippen LogP contribution in [-0.2, 0) is 0 Å².